The van der Waals surface area contributed by atoms with Gasteiger partial charge in [-0.15, -0.1) is 11.3 Å². The van der Waals surface area contributed by atoms with Gasteiger partial charge in [0.25, 0.3) is 0 Å². The van der Waals surface area contributed by atoms with Crippen molar-refractivity contribution in [2.24, 2.45) is 5.10 Å². The summed E-state index contributed by atoms with van der Waals surface area (Å²) >= 11 is 1.34. The zero-order chi connectivity index (χ0) is 21.8. The highest BCUT2D eigenvalue weighted by molar-refractivity contribution is 7.13. The zero-order valence-electron chi connectivity index (χ0n) is 17.2. The van der Waals surface area contributed by atoms with E-state index in [0.29, 0.717) is 42.1 Å². The van der Waals surface area contributed by atoms with Gasteiger partial charge in [-0.25, -0.2) is 9.78 Å². The monoisotopic (exact) mass is 435 g/mol. The van der Waals surface area contributed by atoms with Crippen LogP contribution in [0.4, 0.5) is 5.13 Å². The summed E-state index contributed by atoms with van der Waals surface area (Å²) in [5.41, 5.74) is 4.22. The van der Waals surface area contributed by atoms with Crippen LogP contribution in [-0.4, -0.2) is 49.6 Å². The minimum absolute atomic E-state index is 0.126. The summed E-state index contributed by atoms with van der Waals surface area (Å²) in [6.07, 6.45) is 1.73. The highest BCUT2D eigenvalue weighted by Crippen LogP contribution is 2.28. The summed E-state index contributed by atoms with van der Waals surface area (Å²) in [6, 6.07) is 5.23. The molecule has 0 aliphatic rings. The van der Waals surface area contributed by atoms with Crippen molar-refractivity contribution in [3.63, 3.8) is 0 Å². The molecule has 0 atom stereocenters. The highest BCUT2D eigenvalue weighted by atomic mass is 32.1. The number of hydrogen-bond acceptors (Lipinski definition) is 10. The summed E-state index contributed by atoms with van der Waals surface area (Å²) in [4.78, 5) is 27.3. The quantitative estimate of drug-likeness (QED) is 0.308. The number of aromatic nitrogens is 1. The lowest BCUT2D eigenvalue weighted by Gasteiger charge is -2.12. The Hall–Kier alpha value is -3.14. The Morgan fingerprint density at radius 2 is 1.83 bits per heavy atom. The summed E-state index contributed by atoms with van der Waals surface area (Å²) in [5, 5.41) is 6.49. The Kier molecular flexibility index (Phi) is 9.59. The fourth-order valence-corrected chi connectivity index (χ4v) is 2.95. The molecule has 0 fully saturated rings. The molecule has 0 aliphatic carbocycles. The van der Waals surface area contributed by atoms with Crippen molar-refractivity contribution in [1.82, 2.24) is 4.98 Å². The maximum Gasteiger partial charge on any atom is 0.344 e. The van der Waals surface area contributed by atoms with Gasteiger partial charge in [-0.3, -0.25) is 10.2 Å². The van der Waals surface area contributed by atoms with Gasteiger partial charge in [0.1, 0.15) is 0 Å². The number of anilines is 1. The third-order valence-corrected chi connectivity index (χ3v) is 4.27. The van der Waals surface area contributed by atoms with E-state index in [2.05, 4.69) is 15.5 Å². The Balaban J connectivity index is 1.96. The van der Waals surface area contributed by atoms with Crippen molar-refractivity contribution in [1.29, 1.82) is 0 Å². The van der Waals surface area contributed by atoms with Crippen LogP contribution in [-0.2, 0) is 25.5 Å². The second-order valence-corrected chi connectivity index (χ2v) is 6.59. The number of ether oxygens (including phenoxy) is 4. The van der Waals surface area contributed by atoms with Crippen LogP contribution in [0.15, 0.2) is 28.7 Å². The van der Waals surface area contributed by atoms with E-state index in [-0.39, 0.29) is 19.0 Å². The largest absolute Gasteiger partial charge is 0.490 e. The van der Waals surface area contributed by atoms with Crippen LogP contribution in [0, 0.1) is 0 Å². The Morgan fingerprint density at radius 1 is 1.07 bits per heavy atom. The molecule has 1 aromatic carbocycles. The molecule has 0 bridgehead atoms. The number of benzene rings is 1. The van der Waals surface area contributed by atoms with Crippen LogP contribution in [0.25, 0.3) is 0 Å². The molecule has 1 aromatic heterocycles. The predicted molar refractivity (Wildman–Crippen MR) is 113 cm³/mol. The fraction of sp³-hybridized carbons (Fsp3) is 0.400. The fourth-order valence-electron chi connectivity index (χ4n) is 2.29. The minimum Gasteiger partial charge on any atom is -0.490 e. The van der Waals surface area contributed by atoms with Gasteiger partial charge in [-0.1, -0.05) is 0 Å². The molecule has 10 heteroatoms. The van der Waals surface area contributed by atoms with Crippen LogP contribution in [0.5, 0.6) is 11.5 Å². The van der Waals surface area contributed by atoms with Gasteiger partial charge in [0, 0.05) is 5.38 Å². The molecule has 0 aliphatic heterocycles. The number of nitrogens with one attached hydrogen (secondary N) is 1. The SMILES string of the molecule is CCOC(=O)COc1ccc(C=NNc2nc(CC(=O)OCC)cs2)cc1OCC. The van der Waals surface area contributed by atoms with Crippen molar-refractivity contribution in [3.8, 4) is 11.5 Å². The van der Waals surface area contributed by atoms with Crippen molar-refractivity contribution < 1.29 is 28.5 Å². The highest BCUT2D eigenvalue weighted by Gasteiger charge is 2.10. The van der Waals surface area contributed by atoms with Gasteiger partial charge in [0.05, 0.1) is 38.1 Å². The first kappa shape index (κ1) is 23.1. The number of nitrogens with zero attached hydrogens (tertiary/aromatic N) is 2. The van der Waals surface area contributed by atoms with Gasteiger partial charge in [0.15, 0.2) is 18.1 Å². The maximum atomic E-state index is 11.5. The lowest BCUT2D eigenvalue weighted by molar-refractivity contribution is -0.145. The van der Waals surface area contributed by atoms with Gasteiger partial charge in [-0.2, -0.15) is 5.10 Å². The van der Waals surface area contributed by atoms with E-state index < -0.39 is 5.97 Å². The third kappa shape index (κ3) is 7.70. The Bertz CT molecular complexity index is 868. The van der Waals surface area contributed by atoms with E-state index in [1.807, 2.05) is 6.92 Å². The Morgan fingerprint density at radius 3 is 2.57 bits per heavy atom. The van der Waals surface area contributed by atoms with E-state index in [1.165, 1.54) is 11.3 Å². The van der Waals surface area contributed by atoms with Crippen LogP contribution in [0.3, 0.4) is 0 Å². The number of carbonyl (C=O) groups excluding carboxylic acids is 2. The summed E-state index contributed by atoms with van der Waals surface area (Å²) in [6.45, 7) is 6.24. The van der Waals surface area contributed by atoms with Crippen LogP contribution >= 0.6 is 11.3 Å². The lowest BCUT2D eigenvalue weighted by Crippen LogP contribution is -2.15. The average molecular weight is 436 g/mol. The van der Waals surface area contributed by atoms with E-state index in [9.17, 15) is 9.59 Å². The van der Waals surface area contributed by atoms with E-state index in [0.717, 1.165) is 5.56 Å². The van der Waals surface area contributed by atoms with E-state index in [4.69, 9.17) is 18.9 Å². The molecule has 162 valence electrons. The number of rotatable bonds is 12. The van der Waals surface area contributed by atoms with E-state index in [1.54, 1.807) is 43.6 Å². The summed E-state index contributed by atoms with van der Waals surface area (Å²) in [7, 11) is 0. The van der Waals surface area contributed by atoms with Crippen LogP contribution in [0.1, 0.15) is 32.0 Å². The topological polar surface area (TPSA) is 108 Å². The molecule has 9 nitrogen and oxygen atoms in total. The minimum atomic E-state index is -0.444. The number of thiazole rings is 1. The maximum absolute atomic E-state index is 11.5. The van der Waals surface area contributed by atoms with Gasteiger partial charge < -0.3 is 18.9 Å². The van der Waals surface area contributed by atoms with Crippen LogP contribution < -0.4 is 14.9 Å². The predicted octanol–water partition coefficient (Wildman–Crippen LogP) is 3.04. The number of esters is 2. The summed E-state index contributed by atoms with van der Waals surface area (Å²) in [5.74, 6) is 0.183. The van der Waals surface area contributed by atoms with Gasteiger partial charge in [0.2, 0.25) is 5.13 Å². The molecule has 1 N–H and O–H groups in total. The average Bonchev–Trinajstić information content (AvgIpc) is 3.15. The standard InChI is InChI=1S/C20H25N3O6S/c1-4-26-17-9-14(7-8-16(17)29-12-19(25)28-6-3)11-21-23-20-22-15(13-30-20)10-18(24)27-5-2/h7-9,11,13H,4-6,10,12H2,1-3H3,(H,22,23). The number of carbonyl (C=O) groups is 2. The van der Waals surface area contributed by atoms with Gasteiger partial charge in [-0.05, 0) is 44.5 Å². The smallest absolute Gasteiger partial charge is 0.344 e. The summed E-state index contributed by atoms with van der Waals surface area (Å²) < 4.78 is 20.8. The number of hydrazone groups is 1. The molecular formula is C20H25N3O6S. The third-order valence-electron chi connectivity index (χ3n) is 3.47. The van der Waals surface area contributed by atoms with Gasteiger partial charge >= 0.3 is 11.9 Å². The lowest BCUT2D eigenvalue weighted by atomic mass is 10.2. The molecule has 0 radical (unpaired) electrons. The zero-order valence-corrected chi connectivity index (χ0v) is 18.0. The van der Waals surface area contributed by atoms with Crippen LogP contribution in [0.2, 0.25) is 0 Å². The first-order chi connectivity index (χ1) is 14.5. The second-order valence-electron chi connectivity index (χ2n) is 5.73. The first-order valence-corrected chi connectivity index (χ1v) is 10.4. The van der Waals surface area contributed by atoms with Crippen molar-refractivity contribution in [3.05, 3.63) is 34.8 Å². The molecule has 0 amide bonds. The number of hydrogen-bond donors (Lipinski definition) is 1. The van der Waals surface area contributed by atoms with Crippen molar-refractivity contribution >= 4 is 34.6 Å². The molecule has 0 spiro atoms. The first-order valence-electron chi connectivity index (χ1n) is 9.50. The molecule has 0 saturated heterocycles. The normalized spacial score (nSPS) is 10.6. The van der Waals surface area contributed by atoms with Crippen molar-refractivity contribution in [2.45, 2.75) is 27.2 Å². The molecule has 2 rings (SSSR count). The molecule has 30 heavy (non-hydrogen) atoms. The van der Waals surface area contributed by atoms with E-state index >= 15 is 0 Å². The molecule has 1 heterocycles. The molecule has 0 unspecified atom stereocenters. The molecule has 0 saturated carbocycles. The molecular weight excluding hydrogens is 410 g/mol. The van der Waals surface area contributed by atoms with Crippen molar-refractivity contribution in [2.75, 3.05) is 31.9 Å². The Labute approximate surface area is 179 Å². The molecule has 2 aromatic rings. The second kappa shape index (κ2) is 12.4.